The van der Waals surface area contributed by atoms with Crippen LogP contribution in [0.5, 0.6) is 0 Å². The van der Waals surface area contributed by atoms with Crippen LogP contribution in [0.2, 0.25) is 5.02 Å². The molecule has 5 heteroatoms. The Morgan fingerprint density at radius 2 is 1.95 bits per heavy atom. The highest BCUT2D eigenvalue weighted by molar-refractivity contribution is 6.32. The van der Waals surface area contributed by atoms with E-state index in [9.17, 15) is 9.59 Å². The molecule has 112 valence electrons. The lowest BCUT2D eigenvalue weighted by atomic mass is 9.90. The van der Waals surface area contributed by atoms with Crippen molar-refractivity contribution in [3.05, 3.63) is 28.8 Å². The number of rotatable bonds is 1. The quantitative estimate of drug-likeness (QED) is 0.867. The van der Waals surface area contributed by atoms with E-state index in [0.717, 1.165) is 36.9 Å². The van der Waals surface area contributed by atoms with Crippen molar-refractivity contribution < 1.29 is 9.59 Å². The van der Waals surface area contributed by atoms with Crippen LogP contribution in [0.4, 0.5) is 5.69 Å². The molecule has 1 aliphatic carbocycles. The Morgan fingerprint density at radius 3 is 2.62 bits per heavy atom. The van der Waals surface area contributed by atoms with Gasteiger partial charge < -0.3 is 5.32 Å². The van der Waals surface area contributed by atoms with Gasteiger partial charge in [-0.25, -0.2) is 0 Å². The number of carbonyl (C=O) groups excluding carboxylic acids is 2. The predicted octanol–water partition coefficient (Wildman–Crippen LogP) is 2.81. The number of hydrogen-bond donors (Lipinski definition) is 1. The zero-order valence-corrected chi connectivity index (χ0v) is 13.0. The van der Waals surface area contributed by atoms with Gasteiger partial charge in [-0.1, -0.05) is 30.5 Å². The van der Waals surface area contributed by atoms with Crippen LogP contribution < -0.4 is 10.2 Å². The summed E-state index contributed by atoms with van der Waals surface area (Å²) < 4.78 is 0. The van der Waals surface area contributed by atoms with Crippen molar-refractivity contribution >= 4 is 29.1 Å². The van der Waals surface area contributed by atoms with Gasteiger partial charge in [0.15, 0.2) is 0 Å². The Labute approximate surface area is 129 Å². The Morgan fingerprint density at radius 1 is 1.29 bits per heavy atom. The van der Waals surface area contributed by atoms with Gasteiger partial charge in [-0.05, 0) is 44.4 Å². The normalized spacial score (nSPS) is 24.5. The maximum absolute atomic E-state index is 13.0. The van der Waals surface area contributed by atoms with Crippen molar-refractivity contribution in [2.24, 2.45) is 0 Å². The fourth-order valence-electron chi connectivity index (χ4n) is 3.41. The highest BCUT2D eigenvalue weighted by Crippen LogP contribution is 2.38. The largest absolute Gasteiger partial charge is 0.340 e. The SMILES string of the molecule is Cc1c(Cl)cccc1N1C(=O)C2(CCCC2)NC(=O)C1C. The molecule has 1 spiro atoms. The van der Waals surface area contributed by atoms with Crippen molar-refractivity contribution in [2.45, 2.75) is 51.1 Å². The van der Waals surface area contributed by atoms with E-state index in [1.165, 1.54) is 0 Å². The van der Waals surface area contributed by atoms with E-state index in [1.54, 1.807) is 17.9 Å². The van der Waals surface area contributed by atoms with Crippen LogP contribution in [-0.2, 0) is 9.59 Å². The Kier molecular flexibility index (Phi) is 3.44. The van der Waals surface area contributed by atoms with Gasteiger partial charge >= 0.3 is 0 Å². The monoisotopic (exact) mass is 306 g/mol. The minimum Gasteiger partial charge on any atom is -0.340 e. The van der Waals surface area contributed by atoms with Crippen molar-refractivity contribution in [1.29, 1.82) is 0 Å². The molecular weight excluding hydrogens is 288 g/mol. The lowest BCUT2D eigenvalue weighted by Crippen LogP contribution is -2.69. The zero-order chi connectivity index (χ0) is 15.2. The van der Waals surface area contributed by atoms with Crippen LogP contribution >= 0.6 is 11.6 Å². The molecule has 21 heavy (non-hydrogen) atoms. The van der Waals surface area contributed by atoms with E-state index in [4.69, 9.17) is 11.6 Å². The Hall–Kier alpha value is -1.55. The van der Waals surface area contributed by atoms with E-state index in [2.05, 4.69) is 5.32 Å². The topological polar surface area (TPSA) is 49.4 Å². The third-order valence-electron chi connectivity index (χ3n) is 4.71. The number of piperazine rings is 1. The molecule has 0 bridgehead atoms. The first-order valence-corrected chi connectivity index (χ1v) is 7.75. The fraction of sp³-hybridized carbons (Fsp3) is 0.500. The van der Waals surface area contributed by atoms with Crippen LogP contribution in [0.25, 0.3) is 0 Å². The molecule has 1 aromatic carbocycles. The molecule has 3 rings (SSSR count). The number of hydrogen-bond acceptors (Lipinski definition) is 2. The van der Waals surface area contributed by atoms with Crippen LogP contribution in [-0.4, -0.2) is 23.4 Å². The van der Waals surface area contributed by atoms with Gasteiger partial charge in [-0.2, -0.15) is 0 Å². The van der Waals surface area contributed by atoms with Crippen molar-refractivity contribution in [3.63, 3.8) is 0 Å². The molecule has 2 aliphatic rings. The predicted molar refractivity (Wildman–Crippen MR) is 82.5 cm³/mol. The summed E-state index contributed by atoms with van der Waals surface area (Å²) in [6.45, 7) is 3.64. The molecule has 1 aliphatic heterocycles. The maximum Gasteiger partial charge on any atom is 0.253 e. The van der Waals surface area contributed by atoms with E-state index >= 15 is 0 Å². The molecule has 0 radical (unpaired) electrons. The van der Waals surface area contributed by atoms with Crippen molar-refractivity contribution in [2.75, 3.05) is 4.90 Å². The summed E-state index contributed by atoms with van der Waals surface area (Å²) >= 11 is 6.18. The maximum atomic E-state index is 13.0. The summed E-state index contributed by atoms with van der Waals surface area (Å²) in [5.74, 6) is -0.0895. The molecule has 1 saturated carbocycles. The number of amides is 2. The molecule has 2 amide bonds. The number of benzene rings is 1. The van der Waals surface area contributed by atoms with Crippen molar-refractivity contribution in [1.82, 2.24) is 5.32 Å². The lowest BCUT2D eigenvalue weighted by molar-refractivity contribution is -0.137. The molecule has 0 aromatic heterocycles. The van der Waals surface area contributed by atoms with E-state index in [-0.39, 0.29) is 11.8 Å². The van der Waals surface area contributed by atoms with Crippen molar-refractivity contribution in [3.8, 4) is 0 Å². The molecule has 4 nitrogen and oxygen atoms in total. The van der Waals surface area contributed by atoms with Crippen LogP contribution in [0.3, 0.4) is 0 Å². The molecule has 1 aromatic rings. The lowest BCUT2D eigenvalue weighted by Gasteiger charge is -2.43. The smallest absolute Gasteiger partial charge is 0.253 e. The van der Waals surface area contributed by atoms with Gasteiger partial charge in [-0.3, -0.25) is 14.5 Å². The van der Waals surface area contributed by atoms with Crippen LogP contribution in [0.1, 0.15) is 38.2 Å². The number of nitrogens with one attached hydrogen (secondary N) is 1. The minimum absolute atomic E-state index is 0.00235. The van der Waals surface area contributed by atoms with Gasteiger partial charge in [0.05, 0.1) is 0 Å². The van der Waals surface area contributed by atoms with E-state index in [0.29, 0.717) is 5.02 Å². The average molecular weight is 307 g/mol. The molecule has 1 heterocycles. The molecular formula is C16H19ClN2O2. The molecule has 1 saturated heterocycles. The van der Waals surface area contributed by atoms with Gasteiger partial charge in [0.25, 0.3) is 5.91 Å². The van der Waals surface area contributed by atoms with Crippen LogP contribution in [0.15, 0.2) is 18.2 Å². The number of anilines is 1. The standard InChI is InChI=1S/C16H19ClN2O2/c1-10-12(17)6-5-7-13(10)19-11(2)14(20)18-16(15(19)21)8-3-4-9-16/h5-7,11H,3-4,8-9H2,1-2H3,(H,18,20). The second-order valence-corrected chi connectivity index (χ2v) is 6.42. The van der Waals surface area contributed by atoms with Gasteiger partial charge in [-0.15, -0.1) is 0 Å². The molecule has 1 unspecified atom stereocenters. The number of nitrogens with zero attached hydrogens (tertiary/aromatic N) is 1. The zero-order valence-electron chi connectivity index (χ0n) is 12.3. The highest BCUT2D eigenvalue weighted by Gasteiger charge is 2.51. The van der Waals surface area contributed by atoms with E-state index < -0.39 is 11.6 Å². The summed E-state index contributed by atoms with van der Waals surface area (Å²) in [4.78, 5) is 27.0. The Bertz CT molecular complexity index is 608. The van der Waals surface area contributed by atoms with E-state index in [1.807, 2.05) is 19.1 Å². The first kappa shape index (κ1) is 14.4. The third kappa shape index (κ3) is 2.13. The molecule has 1 atom stereocenters. The first-order valence-electron chi connectivity index (χ1n) is 7.37. The highest BCUT2D eigenvalue weighted by atomic mass is 35.5. The van der Waals surface area contributed by atoms with Gasteiger partial charge in [0, 0.05) is 10.7 Å². The second kappa shape index (κ2) is 5.02. The van der Waals surface area contributed by atoms with Crippen LogP contribution in [0, 0.1) is 6.92 Å². The third-order valence-corrected chi connectivity index (χ3v) is 5.12. The van der Waals surface area contributed by atoms with Gasteiger partial charge in [0.2, 0.25) is 5.91 Å². The summed E-state index contributed by atoms with van der Waals surface area (Å²) in [6.07, 6.45) is 3.40. The molecule has 1 N–H and O–H groups in total. The number of halogens is 1. The summed E-state index contributed by atoms with van der Waals surface area (Å²) in [5, 5.41) is 3.57. The summed E-state index contributed by atoms with van der Waals surface area (Å²) in [6, 6.07) is 4.96. The second-order valence-electron chi connectivity index (χ2n) is 6.01. The minimum atomic E-state index is -0.710. The fourth-order valence-corrected chi connectivity index (χ4v) is 3.58. The molecule has 2 fully saturated rings. The Balaban J connectivity index is 2.08. The van der Waals surface area contributed by atoms with Gasteiger partial charge in [0.1, 0.15) is 11.6 Å². The number of carbonyl (C=O) groups is 2. The summed E-state index contributed by atoms with van der Waals surface area (Å²) in [7, 11) is 0. The summed E-state index contributed by atoms with van der Waals surface area (Å²) in [5.41, 5.74) is 0.863. The first-order chi connectivity index (χ1) is 9.96. The average Bonchev–Trinajstić information content (AvgIpc) is 2.91.